The molecule has 1 fully saturated rings. The van der Waals surface area contributed by atoms with Gasteiger partial charge in [-0.25, -0.2) is 0 Å². The zero-order chi connectivity index (χ0) is 17.6. The maximum absolute atomic E-state index is 12.5. The SMILES string of the molecule is O=C(Cc1coc2cc3c(cc12)CCC3)NCC1(c2ccccc2)CC1. The first kappa shape index (κ1) is 15.7. The first-order valence-electron chi connectivity index (χ1n) is 9.58. The number of benzene rings is 2. The zero-order valence-corrected chi connectivity index (χ0v) is 14.9. The molecule has 3 heteroatoms. The highest BCUT2D eigenvalue weighted by atomic mass is 16.3. The van der Waals surface area contributed by atoms with Gasteiger partial charge in [-0.15, -0.1) is 0 Å². The van der Waals surface area contributed by atoms with Gasteiger partial charge in [-0.05, 0) is 60.9 Å². The average molecular weight is 345 g/mol. The zero-order valence-electron chi connectivity index (χ0n) is 14.9. The highest BCUT2D eigenvalue weighted by molar-refractivity contribution is 5.88. The van der Waals surface area contributed by atoms with Crippen molar-refractivity contribution in [1.29, 1.82) is 0 Å². The Morgan fingerprint density at radius 2 is 1.85 bits per heavy atom. The van der Waals surface area contributed by atoms with E-state index in [0.717, 1.165) is 48.8 Å². The number of aryl methyl sites for hydroxylation is 2. The first-order valence-corrected chi connectivity index (χ1v) is 9.58. The number of fused-ring (bicyclic) bond motifs is 2. The van der Waals surface area contributed by atoms with Crippen LogP contribution in [-0.4, -0.2) is 12.5 Å². The Balaban J connectivity index is 1.28. The molecule has 2 aliphatic carbocycles. The predicted octanol–water partition coefficient (Wildman–Crippen LogP) is 4.31. The number of furan rings is 1. The molecular formula is C23H23NO2. The third kappa shape index (κ3) is 2.72. The summed E-state index contributed by atoms with van der Waals surface area (Å²) in [6, 6.07) is 14.9. The van der Waals surface area contributed by atoms with Crippen LogP contribution in [0, 0.1) is 0 Å². The molecule has 0 radical (unpaired) electrons. The predicted molar refractivity (Wildman–Crippen MR) is 102 cm³/mol. The Hall–Kier alpha value is -2.55. The fourth-order valence-electron chi connectivity index (χ4n) is 4.30. The van der Waals surface area contributed by atoms with Crippen molar-refractivity contribution < 1.29 is 9.21 Å². The molecule has 5 rings (SSSR count). The number of carbonyl (C=O) groups excluding carboxylic acids is 1. The van der Waals surface area contributed by atoms with Gasteiger partial charge < -0.3 is 9.73 Å². The molecule has 2 aromatic carbocycles. The monoisotopic (exact) mass is 345 g/mol. The minimum absolute atomic E-state index is 0.0791. The second-order valence-corrected chi connectivity index (χ2v) is 7.83. The summed E-state index contributed by atoms with van der Waals surface area (Å²) in [6.07, 6.45) is 7.95. The van der Waals surface area contributed by atoms with Crippen LogP contribution in [0.3, 0.4) is 0 Å². The number of hydrogen-bond donors (Lipinski definition) is 1. The molecule has 0 atom stereocenters. The van der Waals surface area contributed by atoms with Crippen molar-refractivity contribution in [1.82, 2.24) is 5.32 Å². The van der Waals surface area contributed by atoms with E-state index >= 15 is 0 Å². The lowest BCUT2D eigenvalue weighted by Crippen LogP contribution is -2.33. The van der Waals surface area contributed by atoms with Gasteiger partial charge in [-0.3, -0.25) is 4.79 Å². The van der Waals surface area contributed by atoms with Crippen LogP contribution in [0.2, 0.25) is 0 Å². The Kier molecular flexibility index (Phi) is 3.63. The van der Waals surface area contributed by atoms with Crippen molar-refractivity contribution in [3.8, 4) is 0 Å². The van der Waals surface area contributed by atoms with E-state index < -0.39 is 0 Å². The molecule has 0 saturated heterocycles. The van der Waals surface area contributed by atoms with Crippen LogP contribution >= 0.6 is 0 Å². The first-order chi connectivity index (χ1) is 12.7. The van der Waals surface area contributed by atoms with Crippen LogP contribution in [0.5, 0.6) is 0 Å². The normalized spacial score (nSPS) is 17.2. The molecule has 1 aromatic heterocycles. The topological polar surface area (TPSA) is 42.2 Å². The number of nitrogens with one attached hydrogen (secondary N) is 1. The lowest BCUT2D eigenvalue weighted by molar-refractivity contribution is -0.120. The molecule has 0 bridgehead atoms. The summed E-state index contributed by atoms with van der Waals surface area (Å²) < 4.78 is 5.72. The molecule has 1 saturated carbocycles. The van der Waals surface area contributed by atoms with E-state index in [1.165, 1.54) is 23.1 Å². The van der Waals surface area contributed by atoms with Crippen molar-refractivity contribution in [2.45, 2.75) is 43.9 Å². The lowest BCUT2D eigenvalue weighted by Gasteiger charge is -2.16. The molecule has 0 unspecified atom stereocenters. The van der Waals surface area contributed by atoms with E-state index in [-0.39, 0.29) is 11.3 Å². The van der Waals surface area contributed by atoms with E-state index in [4.69, 9.17) is 4.42 Å². The molecule has 3 aromatic rings. The van der Waals surface area contributed by atoms with Crippen LogP contribution in [0.25, 0.3) is 11.0 Å². The molecule has 1 amide bonds. The maximum atomic E-state index is 12.5. The Labute approximate surface area is 153 Å². The molecule has 2 aliphatic rings. The van der Waals surface area contributed by atoms with Gasteiger partial charge in [0.25, 0.3) is 0 Å². The number of carbonyl (C=O) groups is 1. The Morgan fingerprint density at radius 3 is 2.62 bits per heavy atom. The van der Waals surface area contributed by atoms with E-state index in [9.17, 15) is 4.79 Å². The Morgan fingerprint density at radius 1 is 1.08 bits per heavy atom. The molecule has 3 nitrogen and oxygen atoms in total. The molecule has 1 heterocycles. The van der Waals surface area contributed by atoms with Crippen molar-refractivity contribution in [3.63, 3.8) is 0 Å². The summed E-state index contributed by atoms with van der Waals surface area (Å²) in [6.45, 7) is 0.723. The van der Waals surface area contributed by atoms with Crippen LogP contribution in [0.1, 0.15) is 41.5 Å². The second kappa shape index (κ2) is 6.01. The van der Waals surface area contributed by atoms with E-state index in [0.29, 0.717) is 6.42 Å². The number of rotatable bonds is 5. The summed E-state index contributed by atoms with van der Waals surface area (Å²) in [7, 11) is 0. The molecule has 1 N–H and O–H groups in total. The van der Waals surface area contributed by atoms with Crippen molar-refractivity contribution >= 4 is 16.9 Å². The largest absolute Gasteiger partial charge is 0.464 e. The van der Waals surface area contributed by atoms with Gasteiger partial charge in [-0.2, -0.15) is 0 Å². The minimum Gasteiger partial charge on any atom is -0.464 e. The second-order valence-electron chi connectivity index (χ2n) is 7.83. The lowest BCUT2D eigenvalue weighted by atomic mass is 9.96. The quantitative estimate of drug-likeness (QED) is 0.749. The van der Waals surface area contributed by atoms with Crippen molar-refractivity contribution in [2.24, 2.45) is 0 Å². The summed E-state index contributed by atoms with van der Waals surface area (Å²) in [5.41, 5.74) is 6.22. The summed E-state index contributed by atoms with van der Waals surface area (Å²) in [5, 5.41) is 4.26. The fraction of sp³-hybridized carbons (Fsp3) is 0.348. The average Bonchev–Trinajstić information content (AvgIpc) is 3.17. The van der Waals surface area contributed by atoms with Gasteiger partial charge in [-0.1, -0.05) is 30.3 Å². The summed E-state index contributed by atoms with van der Waals surface area (Å²) in [5.74, 6) is 0.0791. The van der Waals surface area contributed by atoms with Gasteiger partial charge in [0.2, 0.25) is 5.91 Å². The standard InChI is InChI=1S/C23H23NO2/c25-22(24-15-23(9-10-23)19-7-2-1-3-8-19)13-18-14-26-21-12-17-6-4-5-16(17)11-20(18)21/h1-3,7-8,11-12,14H,4-6,9-10,13,15H2,(H,24,25). The molecular weight excluding hydrogens is 322 g/mol. The van der Waals surface area contributed by atoms with Gasteiger partial charge >= 0.3 is 0 Å². The number of hydrogen-bond acceptors (Lipinski definition) is 2. The maximum Gasteiger partial charge on any atom is 0.224 e. The molecule has 132 valence electrons. The van der Waals surface area contributed by atoms with Gasteiger partial charge in [0.15, 0.2) is 0 Å². The van der Waals surface area contributed by atoms with Crippen molar-refractivity contribution in [2.75, 3.05) is 6.54 Å². The third-order valence-corrected chi connectivity index (χ3v) is 6.08. The Bertz CT molecular complexity index is 967. The van der Waals surface area contributed by atoms with E-state index in [1.54, 1.807) is 6.26 Å². The van der Waals surface area contributed by atoms with Gasteiger partial charge in [0.05, 0.1) is 12.7 Å². The molecule has 26 heavy (non-hydrogen) atoms. The molecule has 0 aliphatic heterocycles. The fourth-order valence-corrected chi connectivity index (χ4v) is 4.30. The van der Waals surface area contributed by atoms with Crippen LogP contribution < -0.4 is 5.32 Å². The highest BCUT2D eigenvalue weighted by Gasteiger charge is 2.44. The smallest absolute Gasteiger partial charge is 0.224 e. The molecule has 0 spiro atoms. The minimum atomic E-state index is 0.0791. The van der Waals surface area contributed by atoms with E-state index in [1.807, 2.05) is 6.07 Å². The van der Waals surface area contributed by atoms with Crippen molar-refractivity contribution in [3.05, 3.63) is 71.0 Å². The van der Waals surface area contributed by atoms with E-state index in [2.05, 4.69) is 41.7 Å². The highest BCUT2D eigenvalue weighted by Crippen LogP contribution is 2.47. The third-order valence-electron chi connectivity index (χ3n) is 6.08. The van der Waals surface area contributed by atoms with Gasteiger partial charge in [0, 0.05) is 22.9 Å². The summed E-state index contributed by atoms with van der Waals surface area (Å²) >= 11 is 0. The van der Waals surface area contributed by atoms with Gasteiger partial charge in [0.1, 0.15) is 5.58 Å². The van der Waals surface area contributed by atoms with Crippen LogP contribution in [-0.2, 0) is 29.5 Å². The number of amides is 1. The van der Waals surface area contributed by atoms with Crippen LogP contribution in [0.4, 0.5) is 0 Å². The summed E-state index contributed by atoms with van der Waals surface area (Å²) in [4.78, 5) is 12.5. The van der Waals surface area contributed by atoms with Crippen LogP contribution in [0.15, 0.2) is 53.1 Å².